The number of hydrogen-bond acceptors (Lipinski definition) is 4. The molecule has 1 aromatic heterocycles. The molecule has 1 saturated carbocycles. The molecule has 82 valence electrons. The number of nitrogens with two attached hydrogens (primary N) is 1. The largest absolute Gasteiger partial charge is 0.397 e. The molecule has 0 aliphatic heterocycles. The SMILES string of the molecule is Cc1c(N)cnc(NC2(CO)CC2)c1Br. The van der Waals surface area contributed by atoms with E-state index in [-0.39, 0.29) is 12.1 Å². The molecule has 0 amide bonds. The normalized spacial score (nSPS) is 17.5. The molecule has 0 spiro atoms. The van der Waals surface area contributed by atoms with Crippen LogP contribution in [0.2, 0.25) is 0 Å². The Kier molecular flexibility index (Phi) is 2.60. The molecule has 4 nitrogen and oxygen atoms in total. The van der Waals surface area contributed by atoms with E-state index in [9.17, 15) is 5.11 Å². The molecule has 0 bridgehead atoms. The molecule has 1 fully saturated rings. The van der Waals surface area contributed by atoms with Crippen molar-refractivity contribution in [2.45, 2.75) is 25.3 Å². The number of anilines is 2. The van der Waals surface area contributed by atoms with Crippen molar-refractivity contribution in [3.05, 3.63) is 16.2 Å². The molecule has 1 aliphatic carbocycles. The zero-order valence-corrected chi connectivity index (χ0v) is 10.1. The smallest absolute Gasteiger partial charge is 0.141 e. The minimum Gasteiger partial charge on any atom is -0.397 e. The Morgan fingerprint density at radius 3 is 2.87 bits per heavy atom. The summed E-state index contributed by atoms with van der Waals surface area (Å²) < 4.78 is 0.877. The standard InChI is InChI=1S/C10H14BrN3O/c1-6-7(12)4-13-9(8(6)11)14-10(5-15)2-3-10/h4,15H,2-3,5,12H2,1H3,(H,13,14). The maximum Gasteiger partial charge on any atom is 0.141 e. The van der Waals surface area contributed by atoms with E-state index >= 15 is 0 Å². The van der Waals surface area contributed by atoms with Crippen LogP contribution in [0.3, 0.4) is 0 Å². The summed E-state index contributed by atoms with van der Waals surface area (Å²) in [5.41, 5.74) is 7.22. The van der Waals surface area contributed by atoms with E-state index in [1.807, 2.05) is 6.92 Å². The highest BCUT2D eigenvalue weighted by atomic mass is 79.9. The van der Waals surface area contributed by atoms with Crippen LogP contribution in [0.5, 0.6) is 0 Å². The molecule has 1 aliphatic rings. The number of hydrogen-bond donors (Lipinski definition) is 3. The minimum atomic E-state index is -0.155. The molecule has 0 atom stereocenters. The fourth-order valence-corrected chi connectivity index (χ4v) is 1.83. The number of nitrogen functional groups attached to an aromatic ring is 1. The Hall–Kier alpha value is -0.810. The maximum atomic E-state index is 9.20. The van der Waals surface area contributed by atoms with Gasteiger partial charge in [0.2, 0.25) is 0 Å². The predicted molar refractivity (Wildman–Crippen MR) is 63.8 cm³/mol. The van der Waals surface area contributed by atoms with Gasteiger partial charge < -0.3 is 16.2 Å². The van der Waals surface area contributed by atoms with Crippen LogP contribution < -0.4 is 11.1 Å². The number of aromatic nitrogens is 1. The van der Waals surface area contributed by atoms with E-state index in [4.69, 9.17) is 5.73 Å². The fraction of sp³-hybridized carbons (Fsp3) is 0.500. The van der Waals surface area contributed by atoms with Crippen molar-refractivity contribution in [1.82, 2.24) is 4.98 Å². The van der Waals surface area contributed by atoms with Crippen molar-refractivity contribution in [3.8, 4) is 0 Å². The van der Waals surface area contributed by atoms with E-state index in [0.717, 1.165) is 28.7 Å². The molecule has 1 aromatic rings. The van der Waals surface area contributed by atoms with Gasteiger partial charge in [-0.15, -0.1) is 0 Å². The molecular weight excluding hydrogens is 258 g/mol. The summed E-state index contributed by atoms with van der Waals surface area (Å²) in [5, 5.41) is 12.5. The second-order valence-electron chi connectivity index (χ2n) is 4.06. The van der Waals surface area contributed by atoms with Crippen LogP contribution in [0.4, 0.5) is 11.5 Å². The van der Waals surface area contributed by atoms with Crippen LogP contribution in [0.1, 0.15) is 18.4 Å². The van der Waals surface area contributed by atoms with Crippen LogP contribution in [-0.4, -0.2) is 22.2 Å². The minimum absolute atomic E-state index is 0.143. The topological polar surface area (TPSA) is 71.2 Å². The van der Waals surface area contributed by atoms with Crippen molar-refractivity contribution >= 4 is 27.4 Å². The molecule has 4 N–H and O–H groups in total. The van der Waals surface area contributed by atoms with Gasteiger partial charge in [0.05, 0.1) is 28.5 Å². The van der Waals surface area contributed by atoms with Crippen LogP contribution in [-0.2, 0) is 0 Å². The lowest BCUT2D eigenvalue weighted by atomic mass is 10.2. The second-order valence-corrected chi connectivity index (χ2v) is 4.86. The number of aliphatic hydroxyl groups is 1. The van der Waals surface area contributed by atoms with Crippen molar-refractivity contribution < 1.29 is 5.11 Å². The van der Waals surface area contributed by atoms with Crippen molar-refractivity contribution in [3.63, 3.8) is 0 Å². The van der Waals surface area contributed by atoms with Crippen LogP contribution in [0, 0.1) is 6.92 Å². The Morgan fingerprint density at radius 1 is 1.67 bits per heavy atom. The monoisotopic (exact) mass is 271 g/mol. The Balaban J connectivity index is 2.26. The van der Waals surface area contributed by atoms with Gasteiger partial charge in [0, 0.05) is 0 Å². The lowest BCUT2D eigenvalue weighted by molar-refractivity contribution is 0.266. The fourth-order valence-electron chi connectivity index (χ4n) is 1.40. The van der Waals surface area contributed by atoms with Gasteiger partial charge in [0.1, 0.15) is 5.82 Å². The molecule has 1 heterocycles. The highest BCUT2D eigenvalue weighted by Gasteiger charge is 2.42. The molecule has 0 aromatic carbocycles. The van der Waals surface area contributed by atoms with Gasteiger partial charge in [-0.05, 0) is 41.3 Å². The summed E-state index contributed by atoms with van der Waals surface area (Å²) in [5.74, 6) is 0.758. The first-order valence-electron chi connectivity index (χ1n) is 4.88. The summed E-state index contributed by atoms with van der Waals surface area (Å²) in [6, 6.07) is 0. The number of rotatable bonds is 3. The number of halogens is 1. The van der Waals surface area contributed by atoms with Crippen LogP contribution in [0.25, 0.3) is 0 Å². The average Bonchev–Trinajstić information content (AvgIpc) is 3.00. The quantitative estimate of drug-likeness (QED) is 0.782. The molecule has 5 heteroatoms. The van der Waals surface area contributed by atoms with E-state index in [0.29, 0.717) is 5.69 Å². The third kappa shape index (κ3) is 1.94. The van der Waals surface area contributed by atoms with Gasteiger partial charge in [-0.1, -0.05) is 0 Å². The van der Waals surface area contributed by atoms with Crippen LogP contribution in [0.15, 0.2) is 10.7 Å². The number of aliphatic hydroxyl groups excluding tert-OH is 1. The first kappa shape index (κ1) is 10.7. The Bertz CT molecular complexity index is 390. The van der Waals surface area contributed by atoms with Gasteiger partial charge in [-0.25, -0.2) is 4.98 Å². The summed E-state index contributed by atoms with van der Waals surface area (Å²) >= 11 is 3.45. The molecule has 15 heavy (non-hydrogen) atoms. The van der Waals surface area contributed by atoms with Gasteiger partial charge in [0.25, 0.3) is 0 Å². The van der Waals surface area contributed by atoms with Crippen molar-refractivity contribution in [2.75, 3.05) is 17.7 Å². The highest BCUT2D eigenvalue weighted by Crippen LogP contribution is 2.40. The summed E-state index contributed by atoms with van der Waals surface area (Å²) in [6.45, 7) is 2.08. The first-order chi connectivity index (χ1) is 7.08. The lowest BCUT2D eigenvalue weighted by Gasteiger charge is -2.17. The number of pyridine rings is 1. The molecule has 0 radical (unpaired) electrons. The zero-order valence-electron chi connectivity index (χ0n) is 8.55. The van der Waals surface area contributed by atoms with Gasteiger partial charge >= 0.3 is 0 Å². The predicted octanol–water partition coefficient (Wildman–Crippen LogP) is 1.67. The van der Waals surface area contributed by atoms with E-state index < -0.39 is 0 Å². The summed E-state index contributed by atoms with van der Waals surface area (Å²) in [6.07, 6.45) is 3.61. The maximum absolute atomic E-state index is 9.20. The van der Waals surface area contributed by atoms with Gasteiger partial charge in [-0.3, -0.25) is 0 Å². The molecule has 0 saturated heterocycles. The number of nitrogens with zero attached hydrogens (tertiary/aromatic N) is 1. The third-order valence-electron chi connectivity index (χ3n) is 2.84. The summed E-state index contributed by atoms with van der Waals surface area (Å²) in [4.78, 5) is 4.22. The Morgan fingerprint density at radius 2 is 2.33 bits per heavy atom. The third-order valence-corrected chi connectivity index (χ3v) is 3.81. The zero-order chi connectivity index (χ0) is 11.1. The van der Waals surface area contributed by atoms with Gasteiger partial charge in [-0.2, -0.15) is 0 Å². The van der Waals surface area contributed by atoms with Crippen molar-refractivity contribution in [2.24, 2.45) is 0 Å². The van der Waals surface area contributed by atoms with Crippen LogP contribution >= 0.6 is 15.9 Å². The average molecular weight is 272 g/mol. The van der Waals surface area contributed by atoms with Crippen molar-refractivity contribution in [1.29, 1.82) is 0 Å². The molecule has 2 rings (SSSR count). The lowest BCUT2D eigenvalue weighted by Crippen LogP contribution is -2.26. The highest BCUT2D eigenvalue weighted by molar-refractivity contribution is 9.10. The molecule has 0 unspecified atom stereocenters. The first-order valence-corrected chi connectivity index (χ1v) is 5.67. The number of nitrogens with one attached hydrogen (secondary N) is 1. The second kappa shape index (κ2) is 3.64. The summed E-state index contributed by atoms with van der Waals surface area (Å²) in [7, 11) is 0. The van der Waals surface area contributed by atoms with Gasteiger partial charge in [0.15, 0.2) is 0 Å². The van der Waals surface area contributed by atoms with E-state index in [1.54, 1.807) is 6.20 Å². The van der Waals surface area contributed by atoms with E-state index in [2.05, 4.69) is 26.2 Å². The Labute approximate surface area is 97.0 Å². The molecular formula is C10H14BrN3O. The van der Waals surface area contributed by atoms with E-state index in [1.165, 1.54) is 0 Å².